The number of benzene rings is 1. The number of aryl methyl sites for hydroxylation is 1. The van der Waals surface area contributed by atoms with E-state index in [1.165, 1.54) is 0 Å². The van der Waals surface area contributed by atoms with Crippen LogP contribution in [0.2, 0.25) is 5.02 Å². The first-order chi connectivity index (χ1) is 12.5. The number of nitrogens with zero attached hydrogens (tertiary/aromatic N) is 1. The lowest BCUT2D eigenvalue weighted by Gasteiger charge is -2.43. The van der Waals surface area contributed by atoms with E-state index in [0.29, 0.717) is 23.8 Å². The molecule has 146 valence electrons. The van der Waals surface area contributed by atoms with Crippen LogP contribution in [0.25, 0.3) is 0 Å². The molecule has 1 spiro atoms. The molecule has 2 aliphatic rings. The van der Waals surface area contributed by atoms with Gasteiger partial charge in [-0.2, -0.15) is 0 Å². The largest absolute Gasteiger partial charge is 0.424 e. The van der Waals surface area contributed by atoms with Crippen LogP contribution < -0.4 is 10.1 Å². The molecule has 1 aliphatic carbocycles. The molecule has 0 aromatic heterocycles. The summed E-state index contributed by atoms with van der Waals surface area (Å²) in [7, 11) is 0. The molecule has 2 fully saturated rings. The number of imide groups is 1. The molecule has 1 saturated heterocycles. The monoisotopic (exact) mass is 392 g/mol. The minimum Gasteiger partial charge on any atom is -0.424 e. The quantitative estimate of drug-likeness (QED) is 0.483. The van der Waals surface area contributed by atoms with E-state index in [9.17, 15) is 14.4 Å². The summed E-state index contributed by atoms with van der Waals surface area (Å²) < 4.78 is 5.28. The third kappa shape index (κ3) is 3.95. The number of halogens is 1. The Kier molecular flexibility index (Phi) is 4.97. The lowest BCUT2D eigenvalue weighted by atomic mass is 9.64. The van der Waals surface area contributed by atoms with Crippen molar-refractivity contribution in [2.45, 2.75) is 52.5 Å². The summed E-state index contributed by atoms with van der Waals surface area (Å²) in [6, 6.07) is 4.52. The summed E-state index contributed by atoms with van der Waals surface area (Å²) in [6.45, 7) is 7.69. The van der Waals surface area contributed by atoms with Gasteiger partial charge >= 0.3 is 12.0 Å². The van der Waals surface area contributed by atoms with Crippen LogP contribution in [0.15, 0.2) is 18.2 Å². The molecule has 1 aromatic rings. The molecular weight excluding hydrogens is 368 g/mol. The number of amides is 3. The van der Waals surface area contributed by atoms with Crippen molar-refractivity contribution in [2.24, 2.45) is 11.3 Å². The van der Waals surface area contributed by atoms with Gasteiger partial charge in [0.2, 0.25) is 0 Å². The number of rotatable bonds is 3. The fraction of sp³-hybridized carbons (Fsp3) is 0.550. The number of carbonyl (C=O) groups excluding carboxylic acids is 3. The lowest BCUT2D eigenvalue weighted by molar-refractivity contribution is -0.142. The molecular formula is C20H25ClN2O4. The second-order valence-electron chi connectivity index (χ2n) is 8.67. The molecule has 3 amide bonds. The van der Waals surface area contributed by atoms with Crippen molar-refractivity contribution in [3.05, 3.63) is 28.8 Å². The van der Waals surface area contributed by atoms with Crippen LogP contribution in [0.1, 0.15) is 45.6 Å². The Morgan fingerprint density at radius 1 is 1.33 bits per heavy atom. The standard InChI is InChI=1S/C20H25ClN2O4/c1-12-5-6-14(21)15(7-12)27-16(24)10-23-17(25)20(22-18(23)26)9-13(2)8-19(3,4)11-20/h5-7,13H,8-11H2,1-4H3,(H,22,26). The van der Waals surface area contributed by atoms with E-state index in [4.69, 9.17) is 16.3 Å². The molecule has 0 bridgehead atoms. The Labute approximate surface area is 164 Å². The first-order valence-corrected chi connectivity index (χ1v) is 9.50. The van der Waals surface area contributed by atoms with E-state index in [1.807, 2.05) is 6.92 Å². The van der Waals surface area contributed by atoms with E-state index < -0.39 is 24.1 Å². The van der Waals surface area contributed by atoms with Gasteiger partial charge in [-0.15, -0.1) is 0 Å². The average Bonchev–Trinajstić information content (AvgIpc) is 2.72. The van der Waals surface area contributed by atoms with Crippen molar-refractivity contribution >= 4 is 29.5 Å². The number of urea groups is 1. The van der Waals surface area contributed by atoms with Gasteiger partial charge in [-0.3, -0.25) is 9.69 Å². The predicted octanol–water partition coefficient (Wildman–Crippen LogP) is 3.69. The lowest BCUT2D eigenvalue weighted by Crippen LogP contribution is -2.54. The third-order valence-electron chi connectivity index (χ3n) is 5.22. The Morgan fingerprint density at radius 2 is 2.04 bits per heavy atom. The van der Waals surface area contributed by atoms with E-state index in [-0.39, 0.29) is 17.1 Å². The Hall–Kier alpha value is -2.08. The molecule has 1 saturated carbocycles. The van der Waals surface area contributed by atoms with Crippen LogP contribution in [0.5, 0.6) is 5.75 Å². The van der Waals surface area contributed by atoms with Gasteiger partial charge in [-0.25, -0.2) is 9.59 Å². The molecule has 7 heteroatoms. The number of carbonyl (C=O) groups is 3. The van der Waals surface area contributed by atoms with Gasteiger partial charge in [0.05, 0.1) is 5.02 Å². The highest BCUT2D eigenvalue weighted by Crippen LogP contribution is 2.46. The van der Waals surface area contributed by atoms with Gasteiger partial charge in [0.25, 0.3) is 5.91 Å². The van der Waals surface area contributed by atoms with Crippen LogP contribution in [-0.4, -0.2) is 34.9 Å². The second-order valence-corrected chi connectivity index (χ2v) is 9.07. The summed E-state index contributed by atoms with van der Waals surface area (Å²) in [5, 5.41) is 3.15. The van der Waals surface area contributed by atoms with Gasteiger partial charge in [0.1, 0.15) is 17.8 Å². The third-order valence-corrected chi connectivity index (χ3v) is 5.53. The number of hydrogen-bond acceptors (Lipinski definition) is 4. The zero-order chi connectivity index (χ0) is 20.0. The number of hydrogen-bond donors (Lipinski definition) is 1. The van der Waals surface area contributed by atoms with Crippen molar-refractivity contribution in [1.29, 1.82) is 0 Å². The molecule has 0 radical (unpaired) electrons. The van der Waals surface area contributed by atoms with Crippen LogP contribution >= 0.6 is 11.6 Å². The highest BCUT2D eigenvalue weighted by atomic mass is 35.5. The van der Waals surface area contributed by atoms with Gasteiger partial charge in [0.15, 0.2) is 0 Å². The summed E-state index contributed by atoms with van der Waals surface area (Å²) in [5.74, 6) is -0.530. The molecule has 27 heavy (non-hydrogen) atoms. The molecule has 1 N–H and O–H groups in total. The fourth-order valence-electron chi connectivity index (χ4n) is 4.62. The van der Waals surface area contributed by atoms with Crippen LogP contribution in [0.4, 0.5) is 4.79 Å². The number of esters is 1. The first-order valence-electron chi connectivity index (χ1n) is 9.12. The number of nitrogens with one attached hydrogen (secondary N) is 1. The normalized spacial score (nSPS) is 27.0. The molecule has 2 atom stereocenters. The summed E-state index contributed by atoms with van der Waals surface area (Å²) >= 11 is 6.04. The minimum atomic E-state index is -0.931. The summed E-state index contributed by atoms with van der Waals surface area (Å²) in [4.78, 5) is 38.8. The molecule has 1 heterocycles. The van der Waals surface area contributed by atoms with Crippen LogP contribution in [-0.2, 0) is 9.59 Å². The minimum absolute atomic E-state index is 0.0633. The fourth-order valence-corrected chi connectivity index (χ4v) is 4.78. The van der Waals surface area contributed by atoms with Crippen molar-refractivity contribution in [3.63, 3.8) is 0 Å². The maximum atomic E-state index is 13.0. The smallest absolute Gasteiger partial charge is 0.331 e. The Balaban J connectivity index is 1.74. The zero-order valence-electron chi connectivity index (χ0n) is 16.1. The van der Waals surface area contributed by atoms with Crippen LogP contribution in [0, 0.1) is 18.3 Å². The molecule has 6 nitrogen and oxygen atoms in total. The Bertz CT molecular complexity index is 807. The molecule has 2 unspecified atom stereocenters. The predicted molar refractivity (Wildman–Crippen MR) is 102 cm³/mol. The number of ether oxygens (including phenoxy) is 1. The van der Waals surface area contributed by atoms with E-state index in [1.54, 1.807) is 18.2 Å². The summed E-state index contributed by atoms with van der Waals surface area (Å²) in [6.07, 6.45) is 2.13. The SMILES string of the molecule is Cc1ccc(Cl)c(OC(=O)CN2C(=O)NC3(CC(C)CC(C)(C)C3)C2=O)c1. The maximum Gasteiger partial charge on any atom is 0.331 e. The highest BCUT2D eigenvalue weighted by molar-refractivity contribution is 6.32. The second kappa shape index (κ2) is 6.82. The van der Waals surface area contributed by atoms with Crippen molar-refractivity contribution < 1.29 is 19.1 Å². The van der Waals surface area contributed by atoms with Gasteiger partial charge < -0.3 is 10.1 Å². The van der Waals surface area contributed by atoms with Crippen molar-refractivity contribution in [1.82, 2.24) is 10.2 Å². The van der Waals surface area contributed by atoms with Gasteiger partial charge in [-0.1, -0.05) is 38.4 Å². The average molecular weight is 393 g/mol. The highest BCUT2D eigenvalue weighted by Gasteiger charge is 2.56. The van der Waals surface area contributed by atoms with Gasteiger partial charge in [-0.05, 0) is 55.2 Å². The van der Waals surface area contributed by atoms with Crippen LogP contribution in [0.3, 0.4) is 0 Å². The first kappa shape index (κ1) is 19.7. The zero-order valence-corrected chi connectivity index (χ0v) is 16.9. The van der Waals surface area contributed by atoms with Gasteiger partial charge in [0, 0.05) is 0 Å². The summed E-state index contributed by atoms with van der Waals surface area (Å²) in [5.41, 5.74) is -0.110. The molecule has 1 aliphatic heterocycles. The Morgan fingerprint density at radius 3 is 2.70 bits per heavy atom. The maximum absolute atomic E-state index is 13.0. The van der Waals surface area contributed by atoms with Crippen molar-refractivity contribution in [2.75, 3.05) is 6.54 Å². The van der Waals surface area contributed by atoms with E-state index in [0.717, 1.165) is 16.9 Å². The van der Waals surface area contributed by atoms with Crippen molar-refractivity contribution in [3.8, 4) is 5.75 Å². The van der Waals surface area contributed by atoms with E-state index >= 15 is 0 Å². The molecule has 3 rings (SSSR count). The van der Waals surface area contributed by atoms with E-state index in [2.05, 4.69) is 26.1 Å². The molecule has 1 aromatic carbocycles. The topological polar surface area (TPSA) is 75.7 Å².